The Kier molecular flexibility index (Phi) is 7.83. The van der Waals surface area contributed by atoms with Crippen LogP contribution in [0.5, 0.6) is 5.75 Å². The number of aryl methyl sites for hydroxylation is 2. The third-order valence-corrected chi connectivity index (χ3v) is 5.81. The Morgan fingerprint density at radius 3 is 2.64 bits per heavy atom. The fourth-order valence-electron chi connectivity index (χ4n) is 3.80. The van der Waals surface area contributed by atoms with E-state index in [2.05, 4.69) is 9.71 Å². The van der Waals surface area contributed by atoms with Gasteiger partial charge in [-0.25, -0.2) is 8.42 Å². The van der Waals surface area contributed by atoms with Crippen molar-refractivity contribution in [1.29, 1.82) is 0 Å². The molecule has 3 rings (SSSR count). The molecule has 10 heteroatoms. The van der Waals surface area contributed by atoms with Gasteiger partial charge in [-0.3, -0.25) is 9.52 Å². The number of aliphatic hydroxyl groups excluding tert-OH is 1. The zero-order valence-corrected chi connectivity index (χ0v) is 19.5. The van der Waals surface area contributed by atoms with Crippen molar-refractivity contribution in [2.75, 3.05) is 42.2 Å². The van der Waals surface area contributed by atoms with Crippen molar-refractivity contribution in [3.05, 3.63) is 53.7 Å². The Morgan fingerprint density at radius 1 is 1.18 bits per heavy atom. The number of aliphatic hydroxyl groups is 1. The minimum Gasteiger partial charge on any atom is -0.492 e. The van der Waals surface area contributed by atoms with E-state index < -0.39 is 16.0 Å². The summed E-state index contributed by atoms with van der Waals surface area (Å²) in [5, 5.41) is 19.4. The Balaban J connectivity index is 1.71. The van der Waals surface area contributed by atoms with Crippen LogP contribution in [0.1, 0.15) is 17.7 Å². The van der Waals surface area contributed by atoms with Crippen LogP contribution in [-0.2, 0) is 21.2 Å². The quantitative estimate of drug-likeness (QED) is 0.317. The second-order valence-corrected chi connectivity index (χ2v) is 9.53. The number of fused-ring (bicyclic) bond motifs is 1. The molecule has 0 unspecified atom stereocenters. The average molecular weight is 476 g/mol. The Bertz CT molecular complexity index is 1220. The summed E-state index contributed by atoms with van der Waals surface area (Å²) in [5.41, 5.74) is 3.89. The van der Waals surface area contributed by atoms with Crippen LogP contribution in [0.2, 0.25) is 0 Å². The number of carbonyl (C=O) groups is 1. The summed E-state index contributed by atoms with van der Waals surface area (Å²) in [4.78, 5) is 16.1. The standard InChI is InChI=1S/C23H29N3O6S/c1-16-18(9-10-23(28)29)19-8-7-17(15-21(19)24-16)32-14-12-26(11-13-27)22-6-4-3-5-20(22)25-33(2,30)31/h3-8,15,24-25,27H,9-14H2,1-2H3,(H,28,29). The van der Waals surface area contributed by atoms with Gasteiger partial charge in [0.2, 0.25) is 10.0 Å². The van der Waals surface area contributed by atoms with Gasteiger partial charge in [0, 0.05) is 35.6 Å². The first-order valence-corrected chi connectivity index (χ1v) is 12.5. The van der Waals surface area contributed by atoms with Gasteiger partial charge >= 0.3 is 5.97 Å². The smallest absolute Gasteiger partial charge is 0.303 e. The number of nitrogens with one attached hydrogen (secondary N) is 2. The van der Waals surface area contributed by atoms with Gasteiger partial charge in [-0.15, -0.1) is 0 Å². The highest BCUT2D eigenvalue weighted by molar-refractivity contribution is 7.92. The maximum Gasteiger partial charge on any atom is 0.303 e. The number of benzene rings is 2. The van der Waals surface area contributed by atoms with Crippen LogP contribution in [0.25, 0.3) is 10.9 Å². The number of carboxylic acid groups (broad SMARTS) is 1. The number of anilines is 2. The molecule has 0 aliphatic carbocycles. The van der Waals surface area contributed by atoms with Gasteiger partial charge in [0.15, 0.2) is 0 Å². The van der Waals surface area contributed by atoms with Crippen LogP contribution < -0.4 is 14.4 Å². The molecular formula is C23H29N3O6S. The minimum absolute atomic E-state index is 0.0718. The number of ether oxygens (including phenoxy) is 1. The Hall–Kier alpha value is -3.24. The summed E-state index contributed by atoms with van der Waals surface area (Å²) in [5.74, 6) is -0.176. The number of hydrogen-bond donors (Lipinski definition) is 4. The highest BCUT2D eigenvalue weighted by atomic mass is 32.2. The summed E-state index contributed by atoms with van der Waals surface area (Å²) >= 11 is 0. The van der Waals surface area contributed by atoms with Gasteiger partial charge in [-0.2, -0.15) is 0 Å². The van der Waals surface area contributed by atoms with Gasteiger partial charge in [-0.05, 0) is 43.2 Å². The van der Waals surface area contributed by atoms with E-state index in [-0.39, 0.29) is 13.0 Å². The van der Waals surface area contributed by atoms with E-state index >= 15 is 0 Å². The predicted molar refractivity (Wildman–Crippen MR) is 129 cm³/mol. The molecule has 0 atom stereocenters. The van der Waals surface area contributed by atoms with E-state index in [1.165, 1.54) is 0 Å². The molecule has 4 N–H and O–H groups in total. The Labute approximate surface area is 193 Å². The molecule has 0 saturated carbocycles. The summed E-state index contributed by atoms with van der Waals surface area (Å²) in [7, 11) is -3.45. The van der Waals surface area contributed by atoms with E-state index in [1.807, 2.05) is 30.0 Å². The fourth-order valence-corrected chi connectivity index (χ4v) is 4.37. The van der Waals surface area contributed by atoms with Crippen molar-refractivity contribution in [1.82, 2.24) is 4.98 Å². The van der Waals surface area contributed by atoms with Crippen molar-refractivity contribution in [3.63, 3.8) is 0 Å². The molecule has 1 aromatic heterocycles. The monoisotopic (exact) mass is 475 g/mol. The van der Waals surface area contributed by atoms with Gasteiger partial charge in [0.05, 0.1) is 30.8 Å². The number of H-pyrrole nitrogens is 1. The molecule has 3 aromatic rings. The van der Waals surface area contributed by atoms with Crippen LogP contribution in [-0.4, -0.2) is 62.1 Å². The van der Waals surface area contributed by atoms with Crippen LogP contribution in [0, 0.1) is 6.92 Å². The van der Waals surface area contributed by atoms with Crippen molar-refractivity contribution in [3.8, 4) is 5.75 Å². The lowest BCUT2D eigenvalue weighted by Crippen LogP contribution is -2.32. The maximum atomic E-state index is 11.7. The molecule has 0 radical (unpaired) electrons. The zero-order chi connectivity index (χ0) is 24.0. The SMILES string of the molecule is Cc1[nH]c2cc(OCCN(CCO)c3ccccc3NS(C)(=O)=O)ccc2c1CCC(=O)O. The average Bonchev–Trinajstić information content (AvgIpc) is 3.05. The summed E-state index contributed by atoms with van der Waals surface area (Å²) in [6.45, 7) is 2.87. The third kappa shape index (κ3) is 6.62. The molecule has 1 heterocycles. The normalized spacial score (nSPS) is 11.5. The van der Waals surface area contributed by atoms with Gasteiger partial charge in [-0.1, -0.05) is 12.1 Å². The highest BCUT2D eigenvalue weighted by Gasteiger charge is 2.14. The molecule has 0 spiro atoms. The third-order valence-electron chi connectivity index (χ3n) is 5.22. The number of aliphatic carboxylic acids is 1. The van der Waals surface area contributed by atoms with E-state index in [9.17, 15) is 18.3 Å². The molecule has 0 bridgehead atoms. The number of para-hydroxylation sites is 2. The maximum absolute atomic E-state index is 11.7. The number of aromatic amines is 1. The minimum atomic E-state index is -3.45. The molecule has 33 heavy (non-hydrogen) atoms. The first-order valence-electron chi connectivity index (χ1n) is 10.6. The number of rotatable bonds is 12. The lowest BCUT2D eigenvalue weighted by molar-refractivity contribution is -0.136. The lowest BCUT2D eigenvalue weighted by Gasteiger charge is -2.26. The molecular weight excluding hydrogens is 446 g/mol. The second kappa shape index (κ2) is 10.6. The molecule has 2 aromatic carbocycles. The van der Waals surface area contributed by atoms with Gasteiger partial charge in [0.1, 0.15) is 12.4 Å². The van der Waals surface area contributed by atoms with Crippen molar-refractivity contribution in [2.45, 2.75) is 19.8 Å². The number of carboxylic acids is 1. The fraction of sp³-hybridized carbons (Fsp3) is 0.348. The first kappa shape index (κ1) is 24.4. The van der Waals surface area contributed by atoms with E-state index in [4.69, 9.17) is 9.84 Å². The lowest BCUT2D eigenvalue weighted by atomic mass is 10.1. The van der Waals surface area contributed by atoms with E-state index in [1.54, 1.807) is 24.3 Å². The highest BCUT2D eigenvalue weighted by Crippen LogP contribution is 2.28. The van der Waals surface area contributed by atoms with Crippen molar-refractivity contribution >= 4 is 38.3 Å². The summed E-state index contributed by atoms with van der Waals surface area (Å²) in [6.07, 6.45) is 1.62. The van der Waals surface area contributed by atoms with Crippen molar-refractivity contribution < 1.29 is 28.2 Å². The molecule has 0 amide bonds. The zero-order valence-electron chi connectivity index (χ0n) is 18.7. The summed E-state index contributed by atoms with van der Waals surface area (Å²) in [6, 6.07) is 12.6. The Morgan fingerprint density at radius 2 is 1.94 bits per heavy atom. The first-order chi connectivity index (χ1) is 15.7. The molecule has 0 aliphatic heterocycles. The van der Waals surface area contributed by atoms with Crippen LogP contribution >= 0.6 is 0 Å². The molecule has 9 nitrogen and oxygen atoms in total. The number of sulfonamides is 1. The molecule has 0 aliphatic rings. The number of nitrogens with zero attached hydrogens (tertiary/aromatic N) is 1. The topological polar surface area (TPSA) is 132 Å². The van der Waals surface area contributed by atoms with Crippen LogP contribution in [0.4, 0.5) is 11.4 Å². The second-order valence-electron chi connectivity index (χ2n) is 7.78. The van der Waals surface area contributed by atoms with E-state index in [0.717, 1.165) is 28.4 Å². The van der Waals surface area contributed by atoms with Crippen LogP contribution in [0.15, 0.2) is 42.5 Å². The molecule has 178 valence electrons. The van der Waals surface area contributed by atoms with Gasteiger partial charge < -0.3 is 24.8 Å². The summed E-state index contributed by atoms with van der Waals surface area (Å²) < 4.78 is 31.8. The number of aromatic nitrogens is 1. The van der Waals surface area contributed by atoms with Gasteiger partial charge in [0.25, 0.3) is 0 Å². The number of hydrogen-bond acceptors (Lipinski definition) is 6. The van der Waals surface area contributed by atoms with Crippen LogP contribution in [0.3, 0.4) is 0 Å². The predicted octanol–water partition coefficient (Wildman–Crippen LogP) is 2.74. The van der Waals surface area contributed by atoms with E-state index in [0.29, 0.717) is 43.2 Å². The molecule has 0 fully saturated rings. The largest absolute Gasteiger partial charge is 0.492 e. The van der Waals surface area contributed by atoms with Crippen molar-refractivity contribution in [2.24, 2.45) is 0 Å². The molecule has 0 saturated heterocycles.